The van der Waals surface area contributed by atoms with E-state index in [1.165, 1.54) is 19.3 Å². The number of benzene rings is 1. The molecule has 168 valence electrons. The number of hydrogen-bond acceptors (Lipinski definition) is 5. The standard InChI is InChI=1S/C26H36N2O3/c1-18-7-6-10-26(2)16-24-19(15-21(18)26)20(25(29)31-24)17-27-11-13-28(14-12-27)22-8-4-5-9-23(22)30-3/h4-5,8-9,19-20,24H,6-7,10-17H2,1-3H3/t19-,20-,24+,26+/m0/s1. The normalized spacial score (nSPS) is 33.7. The Balaban J connectivity index is 1.25. The third kappa shape index (κ3) is 3.75. The molecule has 5 heteroatoms. The lowest BCUT2D eigenvalue weighted by molar-refractivity contribution is -0.145. The summed E-state index contributed by atoms with van der Waals surface area (Å²) in [6.45, 7) is 9.41. The van der Waals surface area contributed by atoms with Crippen LogP contribution in [0.25, 0.3) is 0 Å². The largest absolute Gasteiger partial charge is 0.495 e. The average molecular weight is 425 g/mol. The molecule has 2 aliphatic heterocycles. The van der Waals surface area contributed by atoms with Crippen molar-refractivity contribution in [1.82, 2.24) is 4.90 Å². The summed E-state index contributed by atoms with van der Waals surface area (Å²) in [5.41, 5.74) is 4.63. The number of rotatable bonds is 4. The highest BCUT2D eigenvalue weighted by Crippen LogP contribution is 2.55. The Kier molecular flexibility index (Phi) is 5.49. The highest BCUT2D eigenvalue weighted by atomic mass is 16.6. The second-order valence-corrected chi connectivity index (χ2v) is 10.3. The molecular weight excluding hydrogens is 388 g/mol. The van der Waals surface area contributed by atoms with E-state index in [1.54, 1.807) is 18.3 Å². The number of carbonyl (C=O) groups is 1. The van der Waals surface area contributed by atoms with Gasteiger partial charge in [0.05, 0.1) is 18.7 Å². The van der Waals surface area contributed by atoms with Gasteiger partial charge in [-0.1, -0.05) is 30.2 Å². The van der Waals surface area contributed by atoms with Gasteiger partial charge in [0.1, 0.15) is 11.9 Å². The Hall–Kier alpha value is -2.01. The molecule has 1 aromatic carbocycles. The summed E-state index contributed by atoms with van der Waals surface area (Å²) in [5.74, 6) is 1.35. The first-order valence-corrected chi connectivity index (χ1v) is 12.0. The van der Waals surface area contributed by atoms with Crippen molar-refractivity contribution in [2.45, 2.75) is 52.1 Å². The number of hydrogen-bond donors (Lipinski definition) is 0. The maximum Gasteiger partial charge on any atom is 0.310 e. The molecule has 2 saturated heterocycles. The van der Waals surface area contributed by atoms with Crippen LogP contribution < -0.4 is 9.64 Å². The molecule has 0 bridgehead atoms. The minimum absolute atomic E-state index is 0.0228. The zero-order valence-corrected chi connectivity index (χ0v) is 19.2. The first-order chi connectivity index (χ1) is 15.0. The van der Waals surface area contributed by atoms with Crippen molar-refractivity contribution < 1.29 is 14.3 Å². The lowest BCUT2D eigenvalue weighted by Gasteiger charge is -2.46. The van der Waals surface area contributed by atoms with Crippen molar-refractivity contribution >= 4 is 11.7 Å². The van der Waals surface area contributed by atoms with Gasteiger partial charge in [-0.05, 0) is 56.6 Å². The average Bonchev–Trinajstić information content (AvgIpc) is 3.06. The van der Waals surface area contributed by atoms with Gasteiger partial charge in [0.25, 0.3) is 0 Å². The quantitative estimate of drug-likeness (QED) is 0.533. The predicted molar refractivity (Wildman–Crippen MR) is 122 cm³/mol. The Labute approximate surface area is 186 Å². The fourth-order valence-electron chi connectivity index (χ4n) is 6.66. The number of fused-ring (bicyclic) bond motifs is 2. The fraction of sp³-hybridized carbons (Fsp3) is 0.654. The molecule has 5 rings (SSSR count). The lowest BCUT2D eigenvalue weighted by Crippen LogP contribution is -2.49. The Morgan fingerprint density at radius 2 is 1.97 bits per heavy atom. The molecule has 1 saturated carbocycles. The van der Waals surface area contributed by atoms with E-state index in [0.717, 1.165) is 57.0 Å². The Morgan fingerprint density at radius 3 is 2.74 bits per heavy atom. The topological polar surface area (TPSA) is 42.0 Å². The van der Waals surface area contributed by atoms with Crippen molar-refractivity contribution in [3.05, 3.63) is 35.4 Å². The molecule has 1 aromatic rings. The molecule has 0 amide bonds. The van der Waals surface area contributed by atoms with Crippen LogP contribution in [0.4, 0.5) is 5.69 Å². The minimum Gasteiger partial charge on any atom is -0.495 e. The van der Waals surface area contributed by atoms with Crippen LogP contribution >= 0.6 is 0 Å². The number of nitrogens with zero attached hydrogens (tertiary/aromatic N) is 2. The summed E-state index contributed by atoms with van der Waals surface area (Å²) in [4.78, 5) is 17.7. The van der Waals surface area contributed by atoms with E-state index in [2.05, 4.69) is 35.8 Å². The number of piperazine rings is 1. The van der Waals surface area contributed by atoms with Crippen molar-refractivity contribution in [3.63, 3.8) is 0 Å². The summed E-state index contributed by atoms with van der Waals surface area (Å²) < 4.78 is 11.5. The van der Waals surface area contributed by atoms with Crippen molar-refractivity contribution in [2.24, 2.45) is 17.3 Å². The van der Waals surface area contributed by atoms with Gasteiger partial charge in [-0.25, -0.2) is 0 Å². The molecule has 0 radical (unpaired) electrons. The summed E-state index contributed by atoms with van der Waals surface area (Å²) in [6, 6.07) is 8.23. The summed E-state index contributed by atoms with van der Waals surface area (Å²) in [6.07, 6.45) is 5.95. The van der Waals surface area contributed by atoms with E-state index in [0.29, 0.717) is 5.92 Å². The predicted octanol–water partition coefficient (Wildman–Crippen LogP) is 4.28. The van der Waals surface area contributed by atoms with Gasteiger partial charge < -0.3 is 14.4 Å². The van der Waals surface area contributed by atoms with Crippen LogP contribution in [-0.4, -0.2) is 56.8 Å². The highest BCUT2D eigenvalue weighted by molar-refractivity contribution is 5.76. The molecule has 4 aliphatic rings. The molecule has 31 heavy (non-hydrogen) atoms. The fourth-order valence-corrected chi connectivity index (χ4v) is 6.66. The molecule has 0 spiro atoms. The molecule has 3 fully saturated rings. The molecule has 0 N–H and O–H groups in total. The van der Waals surface area contributed by atoms with Crippen molar-refractivity contribution in [1.29, 1.82) is 0 Å². The number of methoxy groups -OCH3 is 1. The molecule has 2 aliphatic carbocycles. The van der Waals surface area contributed by atoms with E-state index in [-0.39, 0.29) is 23.4 Å². The van der Waals surface area contributed by atoms with Gasteiger partial charge in [-0.15, -0.1) is 0 Å². The van der Waals surface area contributed by atoms with Crippen LogP contribution in [-0.2, 0) is 9.53 Å². The third-order valence-corrected chi connectivity index (χ3v) is 8.43. The number of ether oxygens (including phenoxy) is 2. The number of carbonyl (C=O) groups excluding carboxylic acids is 1. The van der Waals surface area contributed by atoms with Gasteiger partial charge in [0.2, 0.25) is 0 Å². The summed E-state index contributed by atoms with van der Waals surface area (Å²) in [7, 11) is 1.73. The van der Waals surface area contributed by atoms with Gasteiger partial charge in [0, 0.05) is 38.6 Å². The first kappa shape index (κ1) is 20.9. The lowest BCUT2D eigenvalue weighted by atomic mass is 9.59. The summed E-state index contributed by atoms with van der Waals surface area (Å²) >= 11 is 0. The van der Waals surface area contributed by atoms with Crippen LogP contribution in [0.3, 0.4) is 0 Å². The SMILES string of the molecule is COc1ccccc1N1CCN(C[C@@H]2C(=O)O[C@@H]3C[C@@]4(C)CCCC(C)=C4C[C@@H]23)CC1. The van der Waals surface area contributed by atoms with E-state index >= 15 is 0 Å². The molecule has 0 aromatic heterocycles. The second kappa shape index (κ2) is 8.16. The van der Waals surface area contributed by atoms with Crippen molar-refractivity contribution in [3.8, 4) is 5.75 Å². The van der Waals surface area contributed by atoms with Gasteiger partial charge >= 0.3 is 5.97 Å². The Bertz CT molecular complexity index is 873. The molecule has 0 unspecified atom stereocenters. The molecule has 4 atom stereocenters. The van der Waals surface area contributed by atoms with Gasteiger partial charge in [-0.3, -0.25) is 9.69 Å². The maximum absolute atomic E-state index is 12.9. The van der Waals surface area contributed by atoms with Crippen LogP contribution in [0.5, 0.6) is 5.75 Å². The van der Waals surface area contributed by atoms with Crippen LogP contribution in [0.15, 0.2) is 35.4 Å². The number of anilines is 1. The zero-order chi connectivity index (χ0) is 21.6. The molecule has 2 heterocycles. The van der Waals surface area contributed by atoms with Crippen LogP contribution in [0, 0.1) is 17.3 Å². The van der Waals surface area contributed by atoms with Gasteiger partial charge in [-0.2, -0.15) is 0 Å². The third-order valence-electron chi connectivity index (χ3n) is 8.43. The van der Waals surface area contributed by atoms with Crippen molar-refractivity contribution in [2.75, 3.05) is 44.7 Å². The maximum atomic E-state index is 12.9. The van der Waals surface area contributed by atoms with E-state index in [9.17, 15) is 4.79 Å². The first-order valence-electron chi connectivity index (χ1n) is 12.0. The molecular formula is C26H36N2O3. The van der Waals surface area contributed by atoms with Gasteiger partial charge in [0.15, 0.2) is 0 Å². The van der Waals surface area contributed by atoms with E-state index < -0.39 is 0 Å². The summed E-state index contributed by atoms with van der Waals surface area (Å²) in [5, 5.41) is 0. The second-order valence-electron chi connectivity index (χ2n) is 10.3. The molecule has 5 nitrogen and oxygen atoms in total. The number of esters is 1. The Morgan fingerprint density at radius 1 is 1.19 bits per heavy atom. The van der Waals surface area contributed by atoms with Crippen LogP contribution in [0.1, 0.15) is 46.0 Å². The minimum atomic E-state index is 0.0228. The van der Waals surface area contributed by atoms with E-state index in [4.69, 9.17) is 9.47 Å². The number of para-hydroxylation sites is 2. The van der Waals surface area contributed by atoms with E-state index in [1.807, 2.05) is 12.1 Å². The number of allylic oxidation sites excluding steroid dienone is 2. The van der Waals surface area contributed by atoms with Crippen LogP contribution in [0.2, 0.25) is 0 Å². The smallest absolute Gasteiger partial charge is 0.310 e. The monoisotopic (exact) mass is 424 g/mol. The highest BCUT2D eigenvalue weighted by Gasteiger charge is 2.53. The zero-order valence-electron chi connectivity index (χ0n) is 19.2.